The largest absolute Gasteiger partial charge is 0.377 e. The van der Waals surface area contributed by atoms with Gasteiger partial charge in [-0.2, -0.15) is 5.10 Å². The summed E-state index contributed by atoms with van der Waals surface area (Å²) in [4.78, 5) is 0. The maximum Gasteiger partial charge on any atom is 0.124 e. The number of hydrogen-bond donors (Lipinski definition) is 1. The molecule has 0 amide bonds. The molecule has 1 aromatic carbocycles. The van der Waals surface area contributed by atoms with Crippen LogP contribution in [0.3, 0.4) is 0 Å². The highest BCUT2D eigenvalue weighted by atomic mass is 127. The summed E-state index contributed by atoms with van der Waals surface area (Å²) in [7, 11) is 1.99. The molecule has 1 unspecified atom stereocenters. The van der Waals surface area contributed by atoms with Crippen LogP contribution in [0.15, 0.2) is 24.4 Å². The van der Waals surface area contributed by atoms with Crippen LogP contribution in [-0.4, -0.2) is 9.78 Å². The first-order valence-corrected chi connectivity index (χ1v) is 7.45. The summed E-state index contributed by atoms with van der Waals surface area (Å²) in [6, 6.07) is 5.13. The molecule has 1 heterocycles. The Morgan fingerprint density at radius 2 is 2.32 bits per heavy atom. The molecule has 1 aliphatic carbocycles. The molecule has 0 bridgehead atoms. The van der Waals surface area contributed by atoms with E-state index < -0.39 is 0 Å². The maximum absolute atomic E-state index is 13.1. The fourth-order valence-corrected chi connectivity index (χ4v) is 3.28. The maximum atomic E-state index is 13.1. The van der Waals surface area contributed by atoms with Crippen molar-refractivity contribution in [1.29, 1.82) is 0 Å². The van der Waals surface area contributed by atoms with Crippen LogP contribution in [0.5, 0.6) is 0 Å². The molecule has 0 saturated carbocycles. The van der Waals surface area contributed by atoms with Crippen molar-refractivity contribution in [2.75, 3.05) is 5.32 Å². The lowest BCUT2D eigenvalue weighted by atomic mass is 9.93. The van der Waals surface area contributed by atoms with Gasteiger partial charge in [-0.15, -0.1) is 0 Å². The first-order valence-electron chi connectivity index (χ1n) is 6.37. The number of hydrogen-bond acceptors (Lipinski definition) is 2. The molecule has 1 aromatic heterocycles. The summed E-state index contributed by atoms with van der Waals surface area (Å²) in [6.07, 6.45) is 5.28. The fraction of sp³-hybridized carbons (Fsp3) is 0.357. The minimum absolute atomic E-state index is 0.194. The summed E-state index contributed by atoms with van der Waals surface area (Å²) in [5.41, 5.74) is 3.57. The first-order chi connectivity index (χ1) is 9.15. The van der Waals surface area contributed by atoms with Crippen LogP contribution in [0.4, 0.5) is 10.1 Å². The number of fused-ring (bicyclic) bond motifs is 1. The Morgan fingerprint density at radius 1 is 1.47 bits per heavy atom. The van der Waals surface area contributed by atoms with E-state index in [4.69, 9.17) is 0 Å². The molecule has 1 N–H and O–H groups in total. The Balaban J connectivity index is 1.88. The van der Waals surface area contributed by atoms with Crippen molar-refractivity contribution in [2.45, 2.75) is 25.3 Å². The number of aryl methyl sites for hydroxylation is 1. The molecular formula is C14H15FIN3. The predicted octanol–water partition coefficient (Wildman–Crippen LogP) is 3.65. The van der Waals surface area contributed by atoms with Crippen LogP contribution in [0.1, 0.15) is 30.1 Å². The van der Waals surface area contributed by atoms with Crippen LogP contribution in [0.2, 0.25) is 0 Å². The second-order valence-corrected chi connectivity index (χ2v) is 6.05. The van der Waals surface area contributed by atoms with Gasteiger partial charge in [-0.3, -0.25) is 4.68 Å². The predicted molar refractivity (Wildman–Crippen MR) is 81.6 cm³/mol. The van der Waals surface area contributed by atoms with Crippen LogP contribution in [0.25, 0.3) is 0 Å². The normalized spacial score (nSPS) is 18.2. The van der Waals surface area contributed by atoms with Gasteiger partial charge in [0.25, 0.3) is 0 Å². The van der Waals surface area contributed by atoms with E-state index in [-0.39, 0.29) is 11.9 Å². The van der Waals surface area contributed by atoms with Crippen LogP contribution in [-0.2, 0) is 13.5 Å². The number of halogens is 2. The lowest BCUT2D eigenvalue weighted by Crippen LogP contribution is -2.18. The lowest BCUT2D eigenvalue weighted by Gasteiger charge is -2.25. The zero-order chi connectivity index (χ0) is 13.4. The zero-order valence-corrected chi connectivity index (χ0v) is 12.8. The van der Waals surface area contributed by atoms with Crippen molar-refractivity contribution < 1.29 is 4.39 Å². The third kappa shape index (κ3) is 2.48. The Labute approximate surface area is 125 Å². The molecule has 100 valence electrons. The zero-order valence-electron chi connectivity index (χ0n) is 10.7. The van der Waals surface area contributed by atoms with E-state index in [1.54, 1.807) is 6.07 Å². The molecule has 0 spiro atoms. The number of nitrogens with zero attached hydrogens (tertiary/aromatic N) is 2. The van der Waals surface area contributed by atoms with Crippen molar-refractivity contribution in [3.63, 3.8) is 0 Å². The summed E-state index contributed by atoms with van der Waals surface area (Å²) in [6.45, 7) is 0. The lowest BCUT2D eigenvalue weighted by molar-refractivity contribution is 0.571. The van der Waals surface area contributed by atoms with Gasteiger partial charge in [0.2, 0.25) is 0 Å². The van der Waals surface area contributed by atoms with E-state index >= 15 is 0 Å². The summed E-state index contributed by atoms with van der Waals surface area (Å²) < 4.78 is 16.0. The second kappa shape index (κ2) is 5.11. The van der Waals surface area contributed by atoms with Gasteiger partial charge in [-0.1, -0.05) is 0 Å². The van der Waals surface area contributed by atoms with E-state index in [1.807, 2.05) is 24.0 Å². The third-order valence-corrected chi connectivity index (χ3v) is 4.53. The number of aromatic nitrogens is 2. The van der Waals surface area contributed by atoms with E-state index in [0.717, 1.165) is 28.5 Å². The van der Waals surface area contributed by atoms with Gasteiger partial charge in [0, 0.05) is 27.6 Å². The molecule has 0 fully saturated rings. The van der Waals surface area contributed by atoms with Gasteiger partial charge in [0.1, 0.15) is 5.82 Å². The summed E-state index contributed by atoms with van der Waals surface area (Å²) in [5, 5.41) is 7.86. The van der Waals surface area contributed by atoms with Gasteiger partial charge < -0.3 is 5.32 Å². The SMILES string of the molecule is Cn1ncc2c1CCCC2Nc1ccc(F)cc1I. The van der Waals surface area contributed by atoms with Crippen LogP contribution in [0, 0.1) is 9.39 Å². The fourth-order valence-electron chi connectivity index (χ4n) is 2.65. The molecule has 3 nitrogen and oxygen atoms in total. The number of benzene rings is 1. The Bertz CT molecular complexity index is 609. The first kappa shape index (κ1) is 12.9. The standard InChI is InChI=1S/C14H15FIN3/c1-19-14-4-2-3-12(10(14)8-17-19)18-13-6-5-9(15)7-11(13)16/h5-8,12,18H,2-4H2,1H3. The highest BCUT2D eigenvalue weighted by molar-refractivity contribution is 14.1. The van der Waals surface area contributed by atoms with Crippen molar-refractivity contribution in [3.05, 3.63) is 45.0 Å². The van der Waals surface area contributed by atoms with Gasteiger partial charge in [-0.05, 0) is 60.1 Å². The Hall–Kier alpha value is -1.11. The van der Waals surface area contributed by atoms with Crippen molar-refractivity contribution >= 4 is 28.3 Å². The van der Waals surface area contributed by atoms with Crippen molar-refractivity contribution in [1.82, 2.24) is 9.78 Å². The molecule has 0 aliphatic heterocycles. The average molecular weight is 371 g/mol. The van der Waals surface area contributed by atoms with Crippen molar-refractivity contribution in [3.8, 4) is 0 Å². The molecule has 5 heteroatoms. The molecule has 0 radical (unpaired) electrons. The molecule has 1 aliphatic rings. The van der Waals surface area contributed by atoms with E-state index in [9.17, 15) is 4.39 Å². The van der Waals surface area contributed by atoms with Gasteiger partial charge in [-0.25, -0.2) is 4.39 Å². The molecule has 3 rings (SSSR count). The highest BCUT2D eigenvalue weighted by Gasteiger charge is 2.23. The molecule has 1 atom stereocenters. The molecule has 0 saturated heterocycles. The Kier molecular flexibility index (Phi) is 3.47. The van der Waals surface area contributed by atoms with Crippen molar-refractivity contribution in [2.24, 2.45) is 7.05 Å². The smallest absolute Gasteiger partial charge is 0.124 e. The number of rotatable bonds is 2. The van der Waals surface area contributed by atoms with Gasteiger partial charge in [0.15, 0.2) is 0 Å². The molecule has 19 heavy (non-hydrogen) atoms. The van der Waals surface area contributed by atoms with Gasteiger partial charge >= 0.3 is 0 Å². The van der Waals surface area contributed by atoms with Crippen LogP contribution >= 0.6 is 22.6 Å². The second-order valence-electron chi connectivity index (χ2n) is 4.88. The van der Waals surface area contributed by atoms with E-state index in [0.29, 0.717) is 0 Å². The van der Waals surface area contributed by atoms with E-state index in [1.165, 1.54) is 17.3 Å². The summed E-state index contributed by atoms with van der Waals surface area (Å²) in [5.74, 6) is -0.194. The number of anilines is 1. The molecular weight excluding hydrogens is 356 g/mol. The topological polar surface area (TPSA) is 29.9 Å². The number of nitrogens with one attached hydrogen (secondary N) is 1. The highest BCUT2D eigenvalue weighted by Crippen LogP contribution is 2.33. The average Bonchev–Trinajstić information content (AvgIpc) is 2.76. The Morgan fingerprint density at radius 3 is 3.11 bits per heavy atom. The van der Waals surface area contributed by atoms with E-state index in [2.05, 4.69) is 33.0 Å². The van der Waals surface area contributed by atoms with Crippen LogP contribution < -0.4 is 5.32 Å². The quantitative estimate of drug-likeness (QED) is 0.817. The minimum Gasteiger partial charge on any atom is -0.377 e. The van der Waals surface area contributed by atoms with Gasteiger partial charge in [0.05, 0.1) is 12.2 Å². The minimum atomic E-state index is -0.194. The summed E-state index contributed by atoms with van der Waals surface area (Å²) >= 11 is 2.16. The monoisotopic (exact) mass is 371 g/mol. The molecule has 2 aromatic rings. The third-order valence-electron chi connectivity index (χ3n) is 3.64.